The topological polar surface area (TPSA) is 0 Å². The molecule has 0 radical (unpaired) electrons. The van der Waals surface area contributed by atoms with E-state index in [1.165, 1.54) is 64.6 Å². The Kier molecular flexibility index (Phi) is 8.20. The Morgan fingerprint density at radius 3 is 1.11 bits per heavy atom. The van der Waals surface area contributed by atoms with Crippen molar-refractivity contribution in [1.29, 1.82) is 0 Å². The molecule has 0 heterocycles. The van der Waals surface area contributed by atoms with Gasteiger partial charge in [0.05, 0.1) is 0 Å². The van der Waals surface area contributed by atoms with Crippen molar-refractivity contribution in [2.75, 3.05) is 0 Å². The molecule has 176 valence electrons. The summed E-state index contributed by atoms with van der Waals surface area (Å²) in [6, 6.07) is 47.8. The minimum atomic E-state index is 0. The quantitative estimate of drug-likeness (QED) is 0.236. The fraction of sp³-hybridized carbons (Fsp3) is 0. The maximum atomic E-state index is 2.27. The first-order valence-corrected chi connectivity index (χ1v) is 11.8. The van der Waals surface area contributed by atoms with Gasteiger partial charge < -0.3 is 24.8 Å². The molecule has 0 nitrogen and oxygen atoms in total. The molecule has 0 aliphatic rings. The van der Waals surface area contributed by atoms with E-state index >= 15 is 0 Å². The Hall–Kier alpha value is -2.96. The summed E-state index contributed by atoms with van der Waals surface area (Å²) in [5.41, 5.74) is 0. The molecule has 0 saturated carbocycles. The standard InChI is InChI=1S/2C17H11.2ClH.Zr/c2*1-3-7-15-12(5-1)9-10-14-11-13-6-2-4-8-16(13)17(14)15;;;/h2*1-11H;2*1H;/q2*-1;;;+4/p-2. The van der Waals surface area contributed by atoms with Gasteiger partial charge in [-0.1, -0.05) is 108 Å². The van der Waals surface area contributed by atoms with Gasteiger partial charge >= 0.3 is 26.2 Å². The molecule has 0 aliphatic carbocycles. The average molecular weight is 593 g/mol. The zero-order valence-corrected chi connectivity index (χ0v) is 23.9. The summed E-state index contributed by atoms with van der Waals surface area (Å²) in [6.07, 6.45) is 0. The van der Waals surface area contributed by atoms with Gasteiger partial charge in [0.2, 0.25) is 0 Å². The van der Waals surface area contributed by atoms with Crippen molar-refractivity contribution in [1.82, 2.24) is 0 Å². The molecule has 8 aromatic rings. The van der Waals surface area contributed by atoms with Gasteiger partial charge in [0.25, 0.3) is 0 Å². The van der Waals surface area contributed by atoms with Gasteiger partial charge in [-0.3, -0.25) is 0 Å². The van der Waals surface area contributed by atoms with Crippen LogP contribution in [-0.2, 0) is 26.2 Å². The second kappa shape index (κ2) is 11.2. The van der Waals surface area contributed by atoms with Crippen LogP contribution in [0.1, 0.15) is 0 Å². The van der Waals surface area contributed by atoms with Crippen LogP contribution in [0.5, 0.6) is 0 Å². The molecule has 0 bridgehead atoms. The summed E-state index contributed by atoms with van der Waals surface area (Å²) in [5.74, 6) is 0. The van der Waals surface area contributed by atoms with E-state index in [0.717, 1.165) is 0 Å². The first kappa shape index (κ1) is 27.1. The van der Waals surface area contributed by atoms with Gasteiger partial charge in [0.1, 0.15) is 0 Å². The summed E-state index contributed by atoms with van der Waals surface area (Å²) in [4.78, 5) is 0. The molecule has 8 rings (SSSR count). The van der Waals surface area contributed by atoms with Crippen molar-refractivity contribution >= 4 is 64.6 Å². The molecule has 0 aliphatic heterocycles. The molecule has 0 spiro atoms. The molecule has 0 fully saturated rings. The van der Waals surface area contributed by atoms with Crippen molar-refractivity contribution in [2.45, 2.75) is 0 Å². The van der Waals surface area contributed by atoms with Crippen molar-refractivity contribution < 1.29 is 51.0 Å². The summed E-state index contributed by atoms with van der Waals surface area (Å²) in [6.45, 7) is 0. The minimum Gasteiger partial charge on any atom is -1.00 e. The number of fused-ring (bicyclic) bond motifs is 10. The van der Waals surface area contributed by atoms with Crippen LogP contribution in [0.2, 0.25) is 0 Å². The normalized spacial score (nSPS) is 10.6. The zero-order chi connectivity index (χ0) is 22.5. The Labute approximate surface area is 247 Å². The van der Waals surface area contributed by atoms with E-state index in [1.807, 2.05) is 0 Å². The first-order valence-electron chi connectivity index (χ1n) is 11.8. The molecule has 0 atom stereocenters. The van der Waals surface area contributed by atoms with Gasteiger partial charge in [-0.25, -0.2) is 0 Å². The van der Waals surface area contributed by atoms with Crippen molar-refractivity contribution in [3.63, 3.8) is 0 Å². The molecule has 37 heavy (non-hydrogen) atoms. The average Bonchev–Trinajstić information content (AvgIpc) is 3.48. The number of halogens is 2. The summed E-state index contributed by atoms with van der Waals surface area (Å²) >= 11 is 0. The van der Waals surface area contributed by atoms with Crippen LogP contribution in [0.15, 0.2) is 133 Å². The smallest absolute Gasteiger partial charge is 1.00 e. The monoisotopic (exact) mass is 590 g/mol. The van der Waals surface area contributed by atoms with Crippen LogP contribution in [0, 0.1) is 0 Å². The van der Waals surface area contributed by atoms with E-state index in [-0.39, 0.29) is 51.0 Å². The predicted molar refractivity (Wildman–Crippen MR) is 149 cm³/mol. The third kappa shape index (κ3) is 4.62. The molecule has 0 unspecified atom stereocenters. The van der Waals surface area contributed by atoms with Crippen LogP contribution in [0.3, 0.4) is 0 Å². The molecule has 0 saturated heterocycles. The third-order valence-electron chi connectivity index (χ3n) is 7.00. The van der Waals surface area contributed by atoms with Crippen LogP contribution in [0.25, 0.3) is 64.6 Å². The van der Waals surface area contributed by atoms with Crippen molar-refractivity contribution in [3.8, 4) is 0 Å². The van der Waals surface area contributed by atoms with E-state index in [9.17, 15) is 0 Å². The fourth-order valence-corrected chi connectivity index (χ4v) is 5.45. The van der Waals surface area contributed by atoms with Crippen LogP contribution >= 0.6 is 0 Å². The van der Waals surface area contributed by atoms with Crippen LogP contribution < -0.4 is 24.8 Å². The number of benzene rings is 6. The van der Waals surface area contributed by atoms with Crippen molar-refractivity contribution in [3.05, 3.63) is 133 Å². The largest absolute Gasteiger partial charge is 4.00 e. The number of rotatable bonds is 0. The first-order chi connectivity index (χ1) is 16.9. The van der Waals surface area contributed by atoms with Crippen LogP contribution in [-0.4, -0.2) is 0 Å². The Morgan fingerprint density at radius 1 is 0.324 bits per heavy atom. The SMILES string of the molecule is [Cl-].[Cl-].[Zr+4].c1ccc2c(c1)ccc1[cH-]c3ccccc3c12.c1ccc2c(c1)ccc1[cH-]c3ccccc3c12. The molecular formula is C34H22Cl2Zr. The Morgan fingerprint density at radius 2 is 0.676 bits per heavy atom. The van der Waals surface area contributed by atoms with Crippen LogP contribution in [0.4, 0.5) is 0 Å². The third-order valence-corrected chi connectivity index (χ3v) is 7.00. The number of hydrogen-bond donors (Lipinski definition) is 0. The van der Waals surface area contributed by atoms with Gasteiger partial charge in [-0.2, -0.15) is 0 Å². The molecule has 8 aromatic carbocycles. The Balaban J connectivity index is 0.000000160. The maximum absolute atomic E-state index is 2.27. The van der Waals surface area contributed by atoms with E-state index in [4.69, 9.17) is 0 Å². The van der Waals surface area contributed by atoms with Gasteiger partial charge in [0.15, 0.2) is 0 Å². The molecule has 0 N–H and O–H groups in total. The maximum Gasteiger partial charge on any atom is 4.00 e. The predicted octanol–water partition coefficient (Wildman–Crippen LogP) is 3.74. The molecular weight excluding hydrogens is 571 g/mol. The zero-order valence-electron chi connectivity index (χ0n) is 20.0. The second-order valence-electron chi connectivity index (χ2n) is 8.97. The van der Waals surface area contributed by atoms with Crippen molar-refractivity contribution in [2.24, 2.45) is 0 Å². The van der Waals surface area contributed by atoms with Gasteiger partial charge in [-0.05, 0) is 10.8 Å². The van der Waals surface area contributed by atoms with Gasteiger partial charge in [0, 0.05) is 0 Å². The van der Waals surface area contributed by atoms with E-state index in [0.29, 0.717) is 0 Å². The van der Waals surface area contributed by atoms with E-state index < -0.39 is 0 Å². The molecule has 0 aromatic heterocycles. The number of hydrogen-bond acceptors (Lipinski definition) is 0. The minimum absolute atomic E-state index is 0. The second-order valence-corrected chi connectivity index (χ2v) is 8.97. The summed E-state index contributed by atoms with van der Waals surface area (Å²) in [7, 11) is 0. The molecule has 3 heteroatoms. The Bertz CT molecular complexity index is 1820. The summed E-state index contributed by atoms with van der Waals surface area (Å²) in [5, 5.41) is 16.2. The van der Waals surface area contributed by atoms with Gasteiger partial charge in [-0.15, -0.1) is 79.5 Å². The summed E-state index contributed by atoms with van der Waals surface area (Å²) < 4.78 is 0. The molecule has 0 amide bonds. The van der Waals surface area contributed by atoms with E-state index in [1.54, 1.807) is 0 Å². The fourth-order valence-electron chi connectivity index (χ4n) is 5.45. The van der Waals surface area contributed by atoms with E-state index in [2.05, 4.69) is 133 Å².